The Labute approximate surface area is 83.1 Å². The lowest BCUT2D eigenvalue weighted by Crippen LogP contribution is -1.81. The topological polar surface area (TPSA) is 17.1 Å². The summed E-state index contributed by atoms with van der Waals surface area (Å²) >= 11 is 0. The van der Waals surface area contributed by atoms with Crippen LogP contribution in [-0.2, 0) is 4.79 Å². The second-order valence-electron chi connectivity index (χ2n) is 3.21. The van der Waals surface area contributed by atoms with Crippen LogP contribution < -0.4 is 0 Å². The van der Waals surface area contributed by atoms with Gasteiger partial charge in [-0.1, -0.05) is 48.6 Å². The molecular weight excluding hydrogens is 172 g/mol. The lowest BCUT2D eigenvalue weighted by molar-refractivity contribution is 0.568. The zero-order valence-corrected chi connectivity index (χ0v) is 7.68. The molecule has 1 heteroatoms. The Morgan fingerprint density at radius 1 is 1.21 bits per heavy atom. The van der Waals surface area contributed by atoms with E-state index in [0.717, 1.165) is 0 Å². The molecule has 2 rings (SSSR count). The van der Waals surface area contributed by atoms with Crippen LogP contribution in [-0.4, -0.2) is 5.94 Å². The van der Waals surface area contributed by atoms with E-state index in [0.29, 0.717) is 0 Å². The summed E-state index contributed by atoms with van der Waals surface area (Å²) in [4.78, 5) is 10.2. The van der Waals surface area contributed by atoms with Crippen molar-refractivity contribution in [3.05, 3.63) is 60.2 Å². The summed E-state index contributed by atoms with van der Waals surface area (Å²) in [5.74, 6) is 1.92. The van der Waals surface area contributed by atoms with E-state index in [-0.39, 0.29) is 5.92 Å². The monoisotopic (exact) mass is 182 g/mol. The van der Waals surface area contributed by atoms with Gasteiger partial charge < -0.3 is 0 Å². The fourth-order valence-electron chi connectivity index (χ4n) is 1.54. The summed E-state index contributed by atoms with van der Waals surface area (Å²) in [5, 5.41) is 0. The van der Waals surface area contributed by atoms with E-state index in [4.69, 9.17) is 0 Å². The van der Waals surface area contributed by atoms with Gasteiger partial charge in [0, 0.05) is 12.0 Å². The van der Waals surface area contributed by atoms with E-state index in [1.165, 1.54) is 17.2 Å². The molecule has 1 aliphatic carbocycles. The van der Waals surface area contributed by atoms with Crippen molar-refractivity contribution >= 4 is 11.5 Å². The molecule has 1 aromatic carbocycles. The Bertz CT molecular complexity index is 420. The van der Waals surface area contributed by atoms with Crippen LogP contribution in [0.1, 0.15) is 5.56 Å². The number of rotatable bonds is 2. The molecular formula is C13H10O. The van der Waals surface area contributed by atoms with Gasteiger partial charge in [-0.25, -0.2) is 4.79 Å². The highest BCUT2D eigenvalue weighted by atomic mass is 16.1. The second kappa shape index (κ2) is 3.91. The summed E-state index contributed by atoms with van der Waals surface area (Å²) in [6.45, 7) is 0. The Hall–Kier alpha value is -1.85. The molecule has 0 N–H and O–H groups in total. The molecule has 0 spiro atoms. The number of hydrogen-bond donors (Lipinski definition) is 0. The molecule has 14 heavy (non-hydrogen) atoms. The molecule has 68 valence electrons. The molecule has 1 unspecified atom stereocenters. The van der Waals surface area contributed by atoms with Crippen molar-refractivity contribution in [2.24, 2.45) is 5.92 Å². The van der Waals surface area contributed by atoms with Gasteiger partial charge in [-0.05, 0) is 11.1 Å². The van der Waals surface area contributed by atoms with Crippen LogP contribution >= 0.6 is 0 Å². The maximum atomic E-state index is 10.2. The van der Waals surface area contributed by atoms with Crippen molar-refractivity contribution in [1.82, 2.24) is 0 Å². The highest BCUT2D eigenvalue weighted by Gasteiger charge is 2.07. The fraction of sp³-hybridized carbons (Fsp3) is 0.0769. The molecule has 0 fully saturated rings. The lowest BCUT2D eigenvalue weighted by atomic mass is 10.1. The minimum absolute atomic E-state index is 0.114. The number of hydrogen-bond acceptors (Lipinski definition) is 1. The summed E-state index contributed by atoms with van der Waals surface area (Å²) < 4.78 is 0. The molecule has 0 radical (unpaired) electrons. The number of allylic oxidation sites excluding steroid dienone is 5. The largest absolute Gasteiger partial charge is 0.234 e. The Kier molecular flexibility index (Phi) is 2.44. The first kappa shape index (κ1) is 8.74. The molecule has 1 atom stereocenters. The normalized spacial score (nSPS) is 18.9. The maximum absolute atomic E-state index is 10.2. The van der Waals surface area contributed by atoms with Gasteiger partial charge in [-0.2, -0.15) is 0 Å². The van der Waals surface area contributed by atoms with Crippen LogP contribution in [0.25, 0.3) is 5.57 Å². The lowest BCUT2D eigenvalue weighted by Gasteiger charge is -1.97. The summed E-state index contributed by atoms with van der Waals surface area (Å²) in [7, 11) is 0. The Balaban J connectivity index is 2.27. The first-order chi connectivity index (χ1) is 6.90. The van der Waals surface area contributed by atoms with Gasteiger partial charge in [-0.3, -0.25) is 0 Å². The average molecular weight is 182 g/mol. The van der Waals surface area contributed by atoms with E-state index >= 15 is 0 Å². The van der Waals surface area contributed by atoms with Gasteiger partial charge in [0.25, 0.3) is 0 Å². The van der Waals surface area contributed by atoms with Crippen LogP contribution in [0.3, 0.4) is 0 Å². The van der Waals surface area contributed by atoms with E-state index in [1.807, 2.05) is 36.3 Å². The maximum Gasteiger partial charge on any atom is 0.120 e. The van der Waals surface area contributed by atoms with Gasteiger partial charge in [0.05, 0.1) is 0 Å². The number of benzene rings is 1. The smallest absolute Gasteiger partial charge is 0.120 e. The molecule has 0 aromatic heterocycles. The van der Waals surface area contributed by atoms with Gasteiger partial charge >= 0.3 is 0 Å². The predicted molar refractivity (Wildman–Crippen MR) is 57.3 cm³/mol. The van der Waals surface area contributed by atoms with Crippen molar-refractivity contribution in [3.8, 4) is 0 Å². The van der Waals surface area contributed by atoms with E-state index in [1.54, 1.807) is 0 Å². The fourth-order valence-corrected chi connectivity index (χ4v) is 1.54. The highest BCUT2D eigenvalue weighted by molar-refractivity contribution is 5.77. The van der Waals surface area contributed by atoms with Crippen molar-refractivity contribution in [2.75, 3.05) is 0 Å². The summed E-state index contributed by atoms with van der Waals surface area (Å²) in [6.07, 6.45) is 7.60. The molecule has 0 amide bonds. The second-order valence-corrected chi connectivity index (χ2v) is 3.21. The number of carbonyl (C=O) groups excluding carboxylic acids is 1. The molecule has 0 heterocycles. The molecule has 0 bridgehead atoms. The average Bonchev–Trinajstić information content (AvgIpc) is 2.68. The first-order valence-electron chi connectivity index (χ1n) is 4.56. The molecule has 1 aliphatic rings. The van der Waals surface area contributed by atoms with Gasteiger partial charge in [0.1, 0.15) is 5.94 Å². The van der Waals surface area contributed by atoms with Crippen LogP contribution in [0.5, 0.6) is 0 Å². The van der Waals surface area contributed by atoms with Crippen molar-refractivity contribution in [1.29, 1.82) is 0 Å². The van der Waals surface area contributed by atoms with Crippen LogP contribution in [0.2, 0.25) is 0 Å². The third-order valence-corrected chi connectivity index (χ3v) is 2.24. The molecule has 0 saturated carbocycles. The van der Waals surface area contributed by atoms with Gasteiger partial charge in [-0.15, -0.1) is 0 Å². The van der Waals surface area contributed by atoms with E-state index in [2.05, 4.69) is 18.2 Å². The van der Waals surface area contributed by atoms with E-state index < -0.39 is 0 Å². The zero-order chi connectivity index (χ0) is 9.80. The molecule has 0 aliphatic heterocycles. The van der Waals surface area contributed by atoms with Gasteiger partial charge in [0.2, 0.25) is 0 Å². The predicted octanol–water partition coefficient (Wildman–Crippen LogP) is 2.64. The molecule has 1 nitrogen and oxygen atoms in total. The quantitative estimate of drug-likeness (QED) is 0.642. The Morgan fingerprint density at radius 3 is 2.71 bits per heavy atom. The minimum atomic E-state index is 0.114. The standard InChI is InChI=1S/C13H10O/c14-9-8-11-6-7-13(10-11)12-4-2-1-3-5-12/h1-8,10-11H. The highest BCUT2D eigenvalue weighted by Crippen LogP contribution is 2.24. The Morgan fingerprint density at radius 2 is 2.00 bits per heavy atom. The summed E-state index contributed by atoms with van der Waals surface area (Å²) in [6, 6.07) is 10.1. The minimum Gasteiger partial charge on any atom is -0.234 e. The first-order valence-corrected chi connectivity index (χ1v) is 4.56. The third-order valence-electron chi connectivity index (χ3n) is 2.24. The van der Waals surface area contributed by atoms with Crippen LogP contribution in [0, 0.1) is 5.92 Å². The van der Waals surface area contributed by atoms with Crippen molar-refractivity contribution in [3.63, 3.8) is 0 Å². The SMILES string of the molecule is O=C=CC1C=CC(c2ccccc2)=C1. The molecule has 1 aromatic rings. The summed E-state index contributed by atoms with van der Waals surface area (Å²) in [5.41, 5.74) is 2.35. The van der Waals surface area contributed by atoms with E-state index in [9.17, 15) is 4.79 Å². The zero-order valence-electron chi connectivity index (χ0n) is 7.68. The third kappa shape index (κ3) is 1.73. The van der Waals surface area contributed by atoms with Crippen LogP contribution in [0.15, 0.2) is 54.6 Å². The van der Waals surface area contributed by atoms with Crippen molar-refractivity contribution < 1.29 is 4.79 Å². The van der Waals surface area contributed by atoms with Crippen molar-refractivity contribution in [2.45, 2.75) is 0 Å². The molecule has 0 saturated heterocycles. The van der Waals surface area contributed by atoms with Gasteiger partial charge in [0.15, 0.2) is 0 Å². The van der Waals surface area contributed by atoms with Crippen LogP contribution in [0.4, 0.5) is 0 Å².